The van der Waals surface area contributed by atoms with Gasteiger partial charge in [-0.15, -0.1) is 0 Å². The number of aromatic nitrogens is 1. The topological polar surface area (TPSA) is 73.7 Å². The summed E-state index contributed by atoms with van der Waals surface area (Å²) in [4.78, 5) is 17.3. The second-order valence-corrected chi connectivity index (χ2v) is 4.99. The summed E-state index contributed by atoms with van der Waals surface area (Å²) >= 11 is 0. The molecule has 1 saturated carbocycles. The van der Waals surface area contributed by atoms with E-state index in [-0.39, 0.29) is 17.2 Å². The van der Waals surface area contributed by atoms with E-state index < -0.39 is 5.60 Å². The molecule has 1 amide bonds. The van der Waals surface area contributed by atoms with Gasteiger partial charge in [-0.1, -0.05) is 12.8 Å². The SMILES string of the molecule is CN(CC1(O)CCCC1)C(=O)c1ccncc1O. The molecule has 0 aliphatic heterocycles. The van der Waals surface area contributed by atoms with Gasteiger partial charge in [0.15, 0.2) is 0 Å². The Hall–Kier alpha value is -1.62. The lowest BCUT2D eigenvalue weighted by atomic mass is 10.0. The van der Waals surface area contributed by atoms with E-state index in [1.54, 1.807) is 7.05 Å². The highest BCUT2D eigenvalue weighted by Gasteiger charge is 2.33. The van der Waals surface area contributed by atoms with Crippen molar-refractivity contribution in [3.8, 4) is 5.75 Å². The number of aliphatic hydroxyl groups is 1. The van der Waals surface area contributed by atoms with Gasteiger partial charge in [-0.2, -0.15) is 0 Å². The molecule has 5 nitrogen and oxygen atoms in total. The number of pyridine rings is 1. The van der Waals surface area contributed by atoms with Crippen LogP contribution in [0.15, 0.2) is 18.5 Å². The van der Waals surface area contributed by atoms with Crippen LogP contribution in [0.4, 0.5) is 0 Å². The summed E-state index contributed by atoms with van der Waals surface area (Å²) in [5.41, 5.74) is -0.554. The summed E-state index contributed by atoms with van der Waals surface area (Å²) in [7, 11) is 1.64. The smallest absolute Gasteiger partial charge is 0.257 e. The Morgan fingerprint density at radius 1 is 1.50 bits per heavy atom. The lowest BCUT2D eigenvalue weighted by Gasteiger charge is -2.28. The molecule has 0 unspecified atom stereocenters. The van der Waals surface area contributed by atoms with Gasteiger partial charge in [0.1, 0.15) is 5.75 Å². The van der Waals surface area contributed by atoms with Crippen LogP contribution in [0.2, 0.25) is 0 Å². The largest absolute Gasteiger partial charge is 0.505 e. The Bertz CT molecular complexity index is 442. The summed E-state index contributed by atoms with van der Waals surface area (Å²) in [5.74, 6) is -0.428. The molecular weight excluding hydrogens is 232 g/mol. The van der Waals surface area contributed by atoms with Gasteiger partial charge in [0.25, 0.3) is 5.91 Å². The lowest BCUT2D eigenvalue weighted by Crippen LogP contribution is -2.42. The highest BCUT2D eigenvalue weighted by atomic mass is 16.3. The number of aromatic hydroxyl groups is 1. The highest BCUT2D eigenvalue weighted by Crippen LogP contribution is 2.30. The van der Waals surface area contributed by atoms with E-state index in [4.69, 9.17) is 0 Å². The minimum absolute atomic E-state index is 0.132. The van der Waals surface area contributed by atoms with Crippen molar-refractivity contribution in [3.05, 3.63) is 24.0 Å². The van der Waals surface area contributed by atoms with E-state index in [0.29, 0.717) is 6.54 Å². The van der Waals surface area contributed by atoms with Crippen molar-refractivity contribution in [1.82, 2.24) is 9.88 Å². The normalized spacial score (nSPS) is 17.7. The van der Waals surface area contributed by atoms with Gasteiger partial charge in [-0.25, -0.2) is 0 Å². The first kappa shape index (κ1) is 12.8. The summed E-state index contributed by atoms with van der Waals surface area (Å²) in [6.07, 6.45) is 6.16. The molecule has 0 spiro atoms. The summed E-state index contributed by atoms with van der Waals surface area (Å²) in [6, 6.07) is 1.48. The van der Waals surface area contributed by atoms with E-state index >= 15 is 0 Å². The average molecular weight is 250 g/mol. The molecule has 0 radical (unpaired) electrons. The van der Waals surface area contributed by atoms with E-state index in [2.05, 4.69) is 4.98 Å². The number of carbonyl (C=O) groups excluding carboxylic acids is 1. The molecule has 0 aromatic carbocycles. The van der Waals surface area contributed by atoms with Crippen LogP contribution in [-0.2, 0) is 0 Å². The number of hydrogen-bond acceptors (Lipinski definition) is 4. The highest BCUT2D eigenvalue weighted by molar-refractivity contribution is 5.96. The Morgan fingerprint density at radius 3 is 2.78 bits per heavy atom. The predicted molar refractivity (Wildman–Crippen MR) is 66.3 cm³/mol. The third kappa shape index (κ3) is 2.61. The van der Waals surface area contributed by atoms with E-state index in [1.165, 1.54) is 23.4 Å². The fraction of sp³-hybridized carbons (Fsp3) is 0.538. The molecule has 1 aliphatic rings. The number of carbonyl (C=O) groups is 1. The fourth-order valence-corrected chi connectivity index (χ4v) is 2.48. The third-order valence-corrected chi connectivity index (χ3v) is 3.44. The number of hydrogen-bond donors (Lipinski definition) is 2. The van der Waals surface area contributed by atoms with Crippen molar-refractivity contribution in [2.24, 2.45) is 0 Å². The summed E-state index contributed by atoms with van der Waals surface area (Å²) in [6.45, 7) is 0.299. The van der Waals surface area contributed by atoms with Gasteiger partial charge in [0, 0.05) is 19.8 Å². The van der Waals surface area contributed by atoms with Gasteiger partial charge >= 0.3 is 0 Å². The van der Waals surface area contributed by atoms with Crippen LogP contribution < -0.4 is 0 Å². The fourth-order valence-electron chi connectivity index (χ4n) is 2.48. The van der Waals surface area contributed by atoms with Crippen molar-refractivity contribution in [2.45, 2.75) is 31.3 Å². The zero-order valence-corrected chi connectivity index (χ0v) is 10.5. The first-order valence-electron chi connectivity index (χ1n) is 6.13. The Balaban J connectivity index is 2.07. The van der Waals surface area contributed by atoms with Gasteiger partial charge in [0.05, 0.1) is 17.4 Å². The third-order valence-electron chi connectivity index (χ3n) is 3.44. The average Bonchev–Trinajstić information content (AvgIpc) is 2.75. The summed E-state index contributed by atoms with van der Waals surface area (Å²) < 4.78 is 0. The molecule has 98 valence electrons. The molecule has 18 heavy (non-hydrogen) atoms. The number of likely N-dealkylation sites (N-methyl/N-ethyl adjacent to an activating group) is 1. The standard InChI is InChI=1S/C13H18N2O3/c1-15(9-13(18)5-2-3-6-13)12(17)10-4-7-14-8-11(10)16/h4,7-8,16,18H,2-3,5-6,9H2,1H3. The predicted octanol–water partition coefficient (Wildman–Crippen LogP) is 1.16. The second-order valence-electron chi connectivity index (χ2n) is 4.99. The minimum Gasteiger partial charge on any atom is -0.505 e. The molecule has 2 N–H and O–H groups in total. The van der Waals surface area contributed by atoms with Crippen LogP contribution in [0.5, 0.6) is 5.75 Å². The zero-order valence-electron chi connectivity index (χ0n) is 10.5. The van der Waals surface area contributed by atoms with Crippen LogP contribution >= 0.6 is 0 Å². The molecular formula is C13H18N2O3. The zero-order chi connectivity index (χ0) is 13.2. The summed E-state index contributed by atoms with van der Waals surface area (Å²) in [5, 5.41) is 19.8. The molecule has 1 aromatic rings. The van der Waals surface area contributed by atoms with Gasteiger partial charge < -0.3 is 15.1 Å². The van der Waals surface area contributed by atoms with Crippen molar-refractivity contribution in [1.29, 1.82) is 0 Å². The van der Waals surface area contributed by atoms with Crippen molar-refractivity contribution in [2.75, 3.05) is 13.6 Å². The van der Waals surface area contributed by atoms with Crippen LogP contribution in [0.25, 0.3) is 0 Å². The molecule has 0 bridgehead atoms. The van der Waals surface area contributed by atoms with Crippen molar-refractivity contribution < 1.29 is 15.0 Å². The van der Waals surface area contributed by atoms with E-state index in [0.717, 1.165) is 25.7 Å². The number of rotatable bonds is 3. The molecule has 1 fully saturated rings. The quantitative estimate of drug-likeness (QED) is 0.844. The first-order chi connectivity index (χ1) is 8.52. The second kappa shape index (κ2) is 4.94. The van der Waals surface area contributed by atoms with Crippen molar-refractivity contribution in [3.63, 3.8) is 0 Å². The molecule has 1 heterocycles. The van der Waals surface area contributed by atoms with Crippen LogP contribution in [0.3, 0.4) is 0 Å². The van der Waals surface area contributed by atoms with Crippen LogP contribution in [-0.4, -0.2) is 45.2 Å². The Kier molecular flexibility index (Phi) is 3.52. The molecule has 0 atom stereocenters. The maximum atomic E-state index is 12.1. The van der Waals surface area contributed by atoms with Crippen LogP contribution in [0.1, 0.15) is 36.0 Å². The van der Waals surface area contributed by atoms with Gasteiger partial charge in [0.2, 0.25) is 0 Å². The molecule has 1 aliphatic carbocycles. The van der Waals surface area contributed by atoms with Gasteiger partial charge in [-0.3, -0.25) is 9.78 Å². The van der Waals surface area contributed by atoms with Crippen molar-refractivity contribution >= 4 is 5.91 Å². The molecule has 0 saturated heterocycles. The van der Waals surface area contributed by atoms with E-state index in [1.807, 2.05) is 0 Å². The molecule has 1 aromatic heterocycles. The monoisotopic (exact) mass is 250 g/mol. The Labute approximate surface area is 106 Å². The number of amides is 1. The first-order valence-corrected chi connectivity index (χ1v) is 6.13. The maximum absolute atomic E-state index is 12.1. The van der Waals surface area contributed by atoms with E-state index in [9.17, 15) is 15.0 Å². The molecule has 2 rings (SSSR count). The molecule has 5 heteroatoms. The minimum atomic E-state index is -0.771. The number of nitrogens with zero attached hydrogens (tertiary/aromatic N) is 2. The Morgan fingerprint density at radius 2 is 2.17 bits per heavy atom. The van der Waals surface area contributed by atoms with Crippen LogP contribution in [0, 0.1) is 0 Å². The lowest BCUT2D eigenvalue weighted by molar-refractivity contribution is 0.0155. The van der Waals surface area contributed by atoms with Gasteiger partial charge in [-0.05, 0) is 18.9 Å². The maximum Gasteiger partial charge on any atom is 0.257 e.